The highest BCUT2D eigenvalue weighted by molar-refractivity contribution is 5.94. The van der Waals surface area contributed by atoms with Crippen LogP contribution in [0.1, 0.15) is 31.2 Å². The molecule has 1 aliphatic heterocycles. The van der Waals surface area contributed by atoms with Crippen LogP contribution in [0.3, 0.4) is 0 Å². The summed E-state index contributed by atoms with van der Waals surface area (Å²) in [5.74, 6) is -0.221. The Bertz CT molecular complexity index is 1860. The van der Waals surface area contributed by atoms with Crippen LogP contribution < -0.4 is 10.1 Å². The molecule has 0 unspecified atom stereocenters. The highest BCUT2D eigenvalue weighted by Gasteiger charge is 2.32. The van der Waals surface area contributed by atoms with E-state index >= 15 is 0 Å². The Labute approximate surface area is 265 Å². The number of benzene rings is 1. The largest absolute Gasteiger partial charge is 0.484 e. The minimum atomic E-state index is -0.543. The molecule has 0 aliphatic carbocycles. The number of ketones is 1. The van der Waals surface area contributed by atoms with Crippen molar-refractivity contribution in [3.63, 3.8) is 0 Å². The summed E-state index contributed by atoms with van der Waals surface area (Å²) >= 11 is 0. The van der Waals surface area contributed by atoms with E-state index < -0.39 is 10.7 Å². The summed E-state index contributed by atoms with van der Waals surface area (Å²) in [5.41, 5.74) is 3.73. The molecule has 12 nitrogen and oxygen atoms in total. The molecule has 0 spiro atoms. The van der Waals surface area contributed by atoms with Gasteiger partial charge in [-0.3, -0.25) is 14.8 Å². The number of anilines is 2. The zero-order chi connectivity index (χ0) is 32.7. The Hall–Kier alpha value is -5.43. The van der Waals surface area contributed by atoms with Crippen molar-refractivity contribution in [2.45, 2.75) is 32.8 Å². The number of aromatic nitrogens is 4. The summed E-state index contributed by atoms with van der Waals surface area (Å²) < 4.78 is 20.8. The van der Waals surface area contributed by atoms with E-state index in [9.17, 15) is 19.3 Å². The van der Waals surface area contributed by atoms with Gasteiger partial charge in [-0.1, -0.05) is 13.0 Å². The summed E-state index contributed by atoms with van der Waals surface area (Å²) in [7, 11) is 3.91. The molecule has 4 aromatic rings. The molecule has 3 aromatic heterocycles. The minimum Gasteiger partial charge on any atom is -0.484 e. The quantitative estimate of drug-likeness (QED) is 0.0846. The van der Waals surface area contributed by atoms with Crippen LogP contribution in [0.15, 0.2) is 89.7 Å². The third-order valence-corrected chi connectivity index (χ3v) is 7.33. The number of carbonyl (C=O) groups excluding carboxylic acids is 1. The molecule has 1 N–H and O–H groups in total. The maximum atomic E-state index is 14.8. The van der Waals surface area contributed by atoms with Crippen molar-refractivity contribution in [2.75, 3.05) is 32.5 Å². The van der Waals surface area contributed by atoms with Crippen LogP contribution in [0.2, 0.25) is 0 Å². The molecule has 13 heteroatoms. The highest BCUT2D eigenvalue weighted by atomic mass is 19.1. The first-order valence-electron chi connectivity index (χ1n) is 14.7. The zero-order valence-corrected chi connectivity index (χ0v) is 25.8. The first-order chi connectivity index (χ1) is 22.1. The van der Waals surface area contributed by atoms with E-state index in [-0.39, 0.29) is 30.4 Å². The van der Waals surface area contributed by atoms with Gasteiger partial charge in [-0.15, -0.1) is 0 Å². The van der Waals surface area contributed by atoms with Crippen molar-refractivity contribution in [3.05, 3.63) is 112 Å². The fourth-order valence-corrected chi connectivity index (χ4v) is 5.05. The Balaban J connectivity index is 1.21. The predicted molar refractivity (Wildman–Crippen MR) is 172 cm³/mol. The summed E-state index contributed by atoms with van der Waals surface area (Å²) in [6, 6.07) is 11.7. The maximum Gasteiger partial charge on any atom is 0.368 e. The van der Waals surface area contributed by atoms with Gasteiger partial charge in [-0.2, -0.15) is 0 Å². The number of nitrogens with one attached hydrogen (secondary N) is 1. The smallest absolute Gasteiger partial charge is 0.368 e. The molecule has 1 aromatic carbocycles. The Morgan fingerprint density at radius 3 is 2.72 bits per heavy atom. The second kappa shape index (κ2) is 14.1. The van der Waals surface area contributed by atoms with Gasteiger partial charge >= 0.3 is 5.82 Å². The van der Waals surface area contributed by atoms with Crippen LogP contribution in [0.4, 0.5) is 15.9 Å². The van der Waals surface area contributed by atoms with E-state index in [2.05, 4.69) is 30.2 Å². The van der Waals surface area contributed by atoms with Gasteiger partial charge < -0.3 is 24.7 Å². The van der Waals surface area contributed by atoms with E-state index in [1.54, 1.807) is 42.7 Å². The van der Waals surface area contributed by atoms with E-state index in [1.807, 2.05) is 27.1 Å². The Kier molecular flexibility index (Phi) is 9.82. The van der Waals surface area contributed by atoms with Crippen molar-refractivity contribution in [1.82, 2.24) is 19.9 Å². The van der Waals surface area contributed by atoms with Gasteiger partial charge in [0.15, 0.2) is 17.3 Å². The van der Waals surface area contributed by atoms with Crippen LogP contribution in [-0.2, 0) is 17.8 Å². The van der Waals surface area contributed by atoms with E-state index in [0.717, 1.165) is 5.71 Å². The molecule has 0 atom stereocenters. The van der Waals surface area contributed by atoms with Crippen molar-refractivity contribution in [3.8, 4) is 5.75 Å². The molecule has 236 valence electrons. The van der Waals surface area contributed by atoms with Crippen LogP contribution in [0.25, 0.3) is 10.9 Å². The number of fused-ring (bicyclic) bond motifs is 1. The normalized spacial score (nSPS) is 13.3. The zero-order valence-electron chi connectivity index (χ0n) is 25.8. The molecular weight excluding hydrogens is 591 g/mol. The monoisotopic (exact) mass is 625 g/mol. The molecule has 0 saturated carbocycles. The molecule has 0 amide bonds. The second-order valence-corrected chi connectivity index (χ2v) is 11.5. The fraction of sp³-hybridized carbons (Fsp3) is 0.273. The number of aliphatic imine (C=N–C) groups is 1. The van der Waals surface area contributed by atoms with Gasteiger partial charge in [0.2, 0.25) is 0 Å². The summed E-state index contributed by atoms with van der Waals surface area (Å²) in [6.07, 6.45) is 9.12. The lowest BCUT2D eigenvalue weighted by molar-refractivity contribution is -0.880. The Morgan fingerprint density at radius 1 is 1.13 bits per heavy atom. The number of hydrogen-bond donors (Lipinski definition) is 1. The number of quaternary nitrogens is 1. The summed E-state index contributed by atoms with van der Waals surface area (Å²) in [5, 5.41) is 15.2. The SMILES string of the molecule is CCC1=NC([N+](=O)[O-])=C(C[N+](C)(C)C/C=C/C(=O)Cc2cc3c(Nc4ccc(OCc5ccccn5)c(F)c4)ncnc3cn2)C1. The van der Waals surface area contributed by atoms with E-state index in [4.69, 9.17) is 4.74 Å². The molecule has 0 radical (unpaired) electrons. The number of carbonyl (C=O) groups is 1. The summed E-state index contributed by atoms with van der Waals surface area (Å²) in [6.45, 7) is 3.03. The third kappa shape index (κ3) is 8.18. The number of pyridine rings is 2. The number of rotatable bonds is 14. The third-order valence-electron chi connectivity index (χ3n) is 7.33. The van der Waals surface area contributed by atoms with Crippen LogP contribution in [0, 0.1) is 15.9 Å². The number of hydrogen-bond acceptors (Lipinski definition) is 10. The number of nitro groups is 1. The van der Waals surface area contributed by atoms with Crippen molar-refractivity contribution < 1.29 is 23.3 Å². The predicted octanol–water partition coefficient (Wildman–Crippen LogP) is 5.37. The topological polar surface area (TPSA) is 145 Å². The lowest BCUT2D eigenvalue weighted by atomic mass is 10.1. The van der Waals surface area contributed by atoms with Crippen LogP contribution >= 0.6 is 0 Å². The van der Waals surface area contributed by atoms with Crippen LogP contribution in [-0.4, -0.2) is 68.0 Å². The standard InChI is InChI=1S/C33H34FN8O4/c1-4-23-14-22(33(40-23)41(44)45)19-42(2,3)13-7-9-27(43)15-26-16-28-30(18-36-26)37-21-38-32(28)39-24-10-11-31(29(34)17-24)46-20-25-8-5-6-12-35-25/h5-12,16-18,21H,4,13-15,19-20H2,1-3H3,(H,37,38,39)/q+1/b9-7+. The van der Waals surface area contributed by atoms with E-state index in [0.29, 0.717) is 69.8 Å². The van der Waals surface area contributed by atoms with Crippen LogP contribution in [0.5, 0.6) is 5.75 Å². The fourth-order valence-electron chi connectivity index (χ4n) is 5.05. The Morgan fingerprint density at radius 2 is 1.98 bits per heavy atom. The molecule has 5 rings (SSSR count). The van der Waals surface area contributed by atoms with E-state index in [1.165, 1.54) is 24.5 Å². The molecular formula is C33H34FN8O4+. The average Bonchev–Trinajstić information content (AvgIpc) is 3.44. The number of halogens is 1. The molecule has 0 fully saturated rings. The first kappa shape index (κ1) is 32.0. The molecule has 4 heterocycles. The number of ether oxygens (including phenoxy) is 1. The second-order valence-electron chi connectivity index (χ2n) is 11.5. The number of likely N-dealkylation sites (N-methyl/N-ethyl adjacent to an activating group) is 1. The molecule has 46 heavy (non-hydrogen) atoms. The minimum absolute atomic E-state index is 0.0511. The average molecular weight is 626 g/mol. The van der Waals surface area contributed by atoms with Crippen molar-refractivity contribution in [1.29, 1.82) is 0 Å². The maximum absolute atomic E-state index is 14.8. The van der Waals surface area contributed by atoms with Gasteiger partial charge in [0, 0.05) is 41.9 Å². The van der Waals surface area contributed by atoms with Gasteiger partial charge in [0.1, 0.15) is 31.0 Å². The number of allylic oxidation sites excluding steroid dienone is 1. The molecule has 0 saturated heterocycles. The number of nitrogens with zero attached hydrogens (tertiary/aromatic N) is 7. The highest BCUT2D eigenvalue weighted by Crippen LogP contribution is 2.27. The van der Waals surface area contributed by atoms with Gasteiger partial charge in [0.25, 0.3) is 0 Å². The summed E-state index contributed by atoms with van der Waals surface area (Å²) in [4.78, 5) is 45.2. The lowest BCUT2D eigenvalue weighted by Crippen LogP contribution is -2.41. The molecule has 1 aliphatic rings. The van der Waals surface area contributed by atoms with Crippen molar-refractivity contribution in [2.24, 2.45) is 4.99 Å². The first-order valence-corrected chi connectivity index (χ1v) is 14.7. The van der Waals surface area contributed by atoms with Gasteiger partial charge in [-0.05, 0) is 52.4 Å². The van der Waals surface area contributed by atoms with Gasteiger partial charge in [-0.25, -0.2) is 14.4 Å². The van der Waals surface area contributed by atoms with Crippen molar-refractivity contribution >= 4 is 33.9 Å². The van der Waals surface area contributed by atoms with Gasteiger partial charge in [0.05, 0.1) is 50.0 Å². The molecule has 0 bridgehead atoms. The lowest BCUT2D eigenvalue weighted by Gasteiger charge is -2.28.